The summed E-state index contributed by atoms with van der Waals surface area (Å²) in [5.74, 6) is 0.728. The number of nitrogens with zero attached hydrogens (tertiary/aromatic N) is 1. The lowest BCUT2D eigenvalue weighted by molar-refractivity contribution is 0.278. The zero-order valence-corrected chi connectivity index (χ0v) is 12.4. The lowest BCUT2D eigenvalue weighted by atomic mass is 10.1. The number of hydrogen-bond acceptors (Lipinski definition) is 5. The van der Waals surface area contributed by atoms with E-state index in [1.807, 2.05) is 24.3 Å². The number of benzene rings is 1. The van der Waals surface area contributed by atoms with Gasteiger partial charge < -0.3 is 9.84 Å². The molecule has 0 amide bonds. The first-order valence-electron chi connectivity index (χ1n) is 6.32. The Morgan fingerprint density at radius 3 is 2.95 bits per heavy atom. The Balaban J connectivity index is 1.99. The van der Waals surface area contributed by atoms with Crippen LogP contribution in [0.4, 0.5) is 0 Å². The van der Waals surface area contributed by atoms with Crippen molar-refractivity contribution in [3.8, 4) is 5.75 Å². The first-order chi connectivity index (χ1) is 10.1. The standard InChI is InChI=1S/C13H17N3O4S/c1-20-12-4-2-3-10(7-12)5-6-15-21(18,19)13-11(9-17)8-14-16-13/h2-4,7-8,15,17H,5-6,9H2,1H3,(H,14,16). The highest BCUT2D eigenvalue weighted by Gasteiger charge is 2.19. The molecular weight excluding hydrogens is 294 g/mol. The second-order valence-electron chi connectivity index (χ2n) is 4.38. The van der Waals surface area contributed by atoms with Gasteiger partial charge in [0.05, 0.1) is 19.9 Å². The molecule has 114 valence electrons. The van der Waals surface area contributed by atoms with Crippen LogP contribution >= 0.6 is 0 Å². The average molecular weight is 311 g/mol. The van der Waals surface area contributed by atoms with Gasteiger partial charge in [-0.3, -0.25) is 5.10 Å². The second kappa shape index (κ2) is 6.70. The number of H-pyrrole nitrogens is 1. The van der Waals surface area contributed by atoms with E-state index < -0.39 is 10.0 Å². The van der Waals surface area contributed by atoms with Crippen LogP contribution < -0.4 is 9.46 Å². The fourth-order valence-corrected chi connectivity index (χ4v) is 3.02. The first-order valence-corrected chi connectivity index (χ1v) is 7.81. The summed E-state index contributed by atoms with van der Waals surface area (Å²) in [7, 11) is -2.12. The van der Waals surface area contributed by atoms with Gasteiger partial charge in [-0.05, 0) is 24.1 Å². The Labute approximate surface area is 123 Å². The van der Waals surface area contributed by atoms with E-state index in [1.165, 1.54) is 6.20 Å². The first kappa shape index (κ1) is 15.5. The van der Waals surface area contributed by atoms with Crippen LogP contribution in [0.1, 0.15) is 11.1 Å². The van der Waals surface area contributed by atoms with Gasteiger partial charge in [0.15, 0.2) is 5.03 Å². The monoisotopic (exact) mass is 311 g/mol. The molecule has 2 aromatic rings. The molecule has 7 nitrogen and oxygen atoms in total. The Morgan fingerprint density at radius 2 is 2.24 bits per heavy atom. The average Bonchev–Trinajstić information content (AvgIpc) is 2.97. The predicted octanol–water partition coefficient (Wildman–Crippen LogP) is 0.432. The minimum absolute atomic E-state index is 0.101. The van der Waals surface area contributed by atoms with E-state index in [4.69, 9.17) is 9.84 Å². The van der Waals surface area contributed by atoms with Crippen molar-refractivity contribution in [2.75, 3.05) is 13.7 Å². The summed E-state index contributed by atoms with van der Waals surface area (Å²) < 4.78 is 31.7. The summed E-state index contributed by atoms with van der Waals surface area (Å²) >= 11 is 0. The molecule has 1 aromatic heterocycles. The molecule has 0 radical (unpaired) electrons. The molecule has 21 heavy (non-hydrogen) atoms. The topological polar surface area (TPSA) is 104 Å². The third-order valence-electron chi connectivity index (χ3n) is 2.96. The number of rotatable bonds is 7. The number of aromatic nitrogens is 2. The molecule has 0 saturated carbocycles. The van der Waals surface area contributed by atoms with Gasteiger partial charge in [0.1, 0.15) is 5.75 Å². The number of aliphatic hydroxyl groups is 1. The maximum atomic E-state index is 12.1. The third-order valence-corrected chi connectivity index (χ3v) is 4.43. The van der Waals surface area contributed by atoms with Gasteiger partial charge in [-0.25, -0.2) is 13.1 Å². The van der Waals surface area contributed by atoms with E-state index >= 15 is 0 Å². The van der Waals surface area contributed by atoms with Crippen LogP contribution in [-0.4, -0.2) is 37.4 Å². The number of sulfonamides is 1. The van der Waals surface area contributed by atoms with Crippen LogP contribution in [0.3, 0.4) is 0 Å². The molecule has 1 heterocycles. The van der Waals surface area contributed by atoms with Gasteiger partial charge in [-0.1, -0.05) is 12.1 Å². The van der Waals surface area contributed by atoms with Crippen molar-refractivity contribution < 1.29 is 18.3 Å². The van der Waals surface area contributed by atoms with Crippen molar-refractivity contribution in [3.63, 3.8) is 0 Å². The largest absolute Gasteiger partial charge is 0.497 e. The van der Waals surface area contributed by atoms with Gasteiger partial charge in [0.2, 0.25) is 0 Å². The molecule has 8 heteroatoms. The molecule has 0 aliphatic rings. The molecule has 0 fully saturated rings. The number of methoxy groups -OCH3 is 1. The maximum absolute atomic E-state index is 12.1. The summed E-state index contributed by atoms with van der Waals surface area (Å²) in [4.78, 5) is 0. The lowest BCUT2D eigenvalue weighted by Gasteiger charge is -2.07. The van der Waals surface area contributed by atoms with Crippen molar-refractivity contribution in [3.05, 3.63) is 41.6 Å². The van der Waals surface area contributed by atoms with Crippen LogP contribution in [0, 0.1) is 0 Å². The van der Waals surface area contributed by atoms with Gasteiger partial charge in [-0.2, -0.15) is 5.10 Å². The molecule has 3 N–H and O–H groups in total. The number of hydrogen-bond donors (Lipinski definition) is 3. The Bertz CT molecular complexity index is 697. The molecule has 0 aliphatic carbocycles. The number of nitrogens with one attached hydrogen (secondary N) is 2. The molecular formula is C13H17N3O4S. The molecule has 0 unspecified atom stereocenters. The molecule has 0 bridgehead atoms. The summed E-state index contributed by atoms with van der Waals surface area (Å²) in [6, 6.07) is 7.42. The van der Waals surface area contributed by atoms with Crippen molar-refractivity contribution in [1.82, 2.24) is 14.9 Å². The minimum atomic E-state index is -3.70. The minimum Gasteiger partial charge on any atom is -0.497 e. The number of aliphatic hydroxyl groups excluding tert-OH is 1. The molecule has 0 atom stereocenters. The molecule has 0 spiro atoms. The van der Waals surface area contributed by atoms with Gasteiger partial charge in [0.25, 0.3) is 10.0 Å². The van der Waals surface area contributed by atoms with E-state index in [9.17, 15) is 8.42 Å². The molecule has 1 aromatic carbocycles. The fourth-order valence-electron chi connectivity index (χ4n) is 1.87. The van der Waals surface area contributed by atoms with E-state index in [2.05, 4.69) is 14.9 Å². The van der Waals surface area contributed by atoms with Crippen LogP contribution in [0.2, 0.25) is 0 Å². The van der Waals surface area contributed by atoms with Crippen LogP contribution in [0.5, 0.6) is 5.75 Å². The highest BCUT2D eigenvalue weighted by molar-refractivity contribution is 7.89. The van der Waals surface area contributed by atoms with Gasteiger partial charge in [-0.15, -0.1) is 0 Å². The molecule has 2 rings (SSSR count). The lowest BCUT2D eigenvalue weighted by Crippen LogP contribution is -2.27. The SMILES string of the molecule is COc1cccc(CCNS(=O)(=O)c2[nH]ncc2CO)c1. The summed E-state index contributed by atoms with van der Waals surface area (Å²) in [5, 5.41) is 15.0. The normalized spacial score (nSPS) is 11.5. The highest BCUT2D eigenvalue weighted by Crippen LogP contribution is 2.14. The number of ether oxygens (including phenoxy) is 1. The zero-order chi connectivity index (χ0) is 15.3. The van der Waals surface area contributed by atoms with E-state index in [-0.39, 0.29) is 23.7 Å². The third kappa shape index (κ3) is 3.81. The second-order valence-corrected chi connectivity index (χ2v) is 6.09. The van der Waals surface area contributed by atoms with Crippen molar-refractivity contribution in [2.24, 2.45) is 0 Å². The van der Waals surface area contributed by atoms with Crippen molar-refractivity contribution in [1.29, 1.82) is 0 Å². The quantitative estimate of drug-likeness (QED) is 0.688. The smallest absolute Gasteiger partial charge is 0.257 e. The van der Waals surface area contributed by atoms with Gasteiger partial charge in [0, 0.05) is 12.1 Å². The number of aromatic amines is 1. The molecule has 0 aliphatic heterocycles. The summed E-state index contributed by atoms with van der Waals surface area (Å²) in [6.45, 7) is -0.151. The van der Waals surface area contributed by atoms with E-state index in [1.54, 1.807) is 7.11 Å². The van der Waals surface area contributed by atoms with Crippen molar-refractivity contribution >= 4 is 10.0 Å². The van der Waals surface area contributed by atoms with E-state index in [0.717, 1.165) is 11.3 Å². The van der Waals surface area contributed by atoms with Gasteiger partial charge >= 0.3 is 0 Å². The molecule has 0 saturated heterocycles. The van der Waals surface area contributed by atoms with E-state index in [0.29, 0.717) is 6.42 Å². The van der Waals surface area contributed by atoms with Crippen LogP contribution in [0.15, 0.2) is 35.5 Å². The fraction of sp³-hybridized carbons (Fsp3) is 0.308. The van der Waals surface area contributed by atoms with Crippen LogP contribution in [-0.2, 0) is 23.1 Å². The van der Waals surface area contributed by atoms with Crippen LogP contribution in [0.25, 0.3) is 0 Å². The summed E-state index contributed by atoms with van der Waals surface area (Å²) in [5.41, 5.74) is 1.20. The summed E-state index contributed by atoms with van der Waals surface area (Å²) in [6.07, 6.45) is 1.82. The zero-order valence-electron chi connectivity index (χ0n) is 11.5. The Kier molecular flexibility index (Phi) is 4.94. The Morgan fingerprint density at radius 1 is 1.43 bits per heavy atom. The van der Waals surface area contributed by atoms with Crippen molar-refractivity contribution in [2.45, 2.75) is 18.1 Å². The highest BCUT2D eigenvalue weighted by atomic mass is 32.2. The maximum Gasteiger partial charge on any atom is 0.257 e. The Hall–Kier alpha value is -1.90. The predicted molar refractivity (Wildman–Crippen MR) is 76.4 cm³/mol.